The van der Waals surface area contributed by atoms with Crippen LogP contribution in [0.1, 0.15) is 27.1 Å². The number of rotatable bonds is 9. The first-order chi connectivity index (χ1) is 10.9. The van der Waals surface area contributed by atoms with Crippen LogP contribution in [0.15, 0.2) is 18.2 Å². The number of benzene rings is 1. The molecule has 0 aromatic heterocycles. The smallest absolute Gasteiger partial charge is 0.338 e. The highest BCUT2D eigenvalue weighted by atomic mass is 16.6. The monoisotopic (exact) mass is 327 g/mol. The van der Waals surface area contributed by atoms with E-state index in [2.05, 4.69) is 0 Å². The molecule has 126 valence electrons. The van der Waals surface area contributed by atoms with Gasteiger partial charge in [0, 0.05) is 39.4 Å². The number of nitrogens with zero attached hydrogens (tertiary/aromatic N) is 1. The highest BCUT2D eigenvalue weighted by Crippen LogP contribution is 2.19. The molecule has 0 aliphatic carbocycles. The lowest BCUT2D eigenvalue weighted by atomic mass is 10.1. The number of ether oxygens (including phenoxy) is 3. The number of methoxy groups -OCH3 is 2. The normalized spacial score (nSPS) is 11.7. The van der Waals surface area contributed by atoms with Crippen LogP contribution in [0.2, 0.25) is 0 Å². The number of carboxylic acid groups (broad SMARTS) is 1. The van der Waals surface area contributed by atoms with Gasteiger partial charge in [-0.1, -0.05) is 0 Å². The minimum absolute atomic E-state index is 0.121. The Kier molecular flexibility index (Phi) is 7.10. The molecule has 0 bridgehead atoms. The number of hydrogen-bond donors (Lipinski definition) is 1. The van der Waals surface area contributed by atoms with E-state index >= 15 is 0 Å². The largest absolute Gasteiger partial charge is 0.478 e. The Hall–Kier alpha value is -2.52. The molecule has 0 aliphatic heterocycles. The Morgan fingerprint density at radius 1 is 1.22 bits per heavy atom. The SMILES string of the molecule is COCCC(COC)OC(=O)c1cc(C(=O)O)cc([N+](=O)[O-])c1. The summed E-state index contributed by atoms with van der Waals surface area (Å²) in [6, 6.07) is 2.86. The van der Waals surface area contributed by atoms with Crippen molar-refractivity contribution in [3.8, 4) is 0 Å². The predicted molar refractivity (Wildman–Crippen MR) is 77.6 cm³/mol. The van der Waals surface area contributed by atoms with Gasteiger partial charge in [-0.15, -0.1) is 0 Å². The lowest BCUT2D eigenvalue weighted by Gasteiger charge is -2.16. The Bertz CT molecular complexity index is 554. The average molecular weight is 327 g/mol. The second-order valence-electron chi connectivity index (χ2n) is 4.59. The summed E-state index contributed by atoms with van der Waals surface area (Å²) in [5, 5.41) is 19.8. The Morgan fingerprint density at radius 2 is 1.87 bits per heavy atom. The van der Waals surface area contributed by atoms with Crippen molar-refractivity contribution >= 4 is 17.6 Å². The molecule has 0 amide bonds. The first-order valence-corrected chi connectivity index (χ1v) is 6.60. The first kappa shape index (κ1) is 18.5. The minimum atomic E-state index is -1.38. The van der Waals surface area contributed by atoms with Crippen LogP contribution in [0.25, 0.3) is 0 Å². The second kappa shape index (κ2) is 8.81. The number of non-ortho nitro benzene ring substituents is 1. The van der Waals surface area contributed by atoms with E-state index in [9.17, 15) is 19.7 Å². The number of nitro groups is 1. The fourth-order valence-electron chi connectivity index (χ4n) is 1.79. The van der Waals surface area contributed by atoms with Gasteiger partial charge in [0.15, 0.2) is 0 Å². The number of carbonyl (C=O) groups is 2. The van der Waals surface area contributed by atoms with Crippen molar-refractivity contribution in [1.29, 1.82) is 0 Å². The fraction of sp³-hybridized carbons (Fsp3) is 0.429. The number of carbonyl (C=O) groups excluding carboxylic acids is 1. The summed E-state index contributed by atoms with van der Waals surface area (Å²) in [4.78, 5) is 33.2. The van der Waals surface area contributed by atoms with E-state index in [1.807, 2.05) is 0 Å². The van der Waals surface area contributed by atoms with Crippen molar-refractivity contribution in [2.75, 3.05) is 27.4 Å². The molecule has 1 atom stereocenters. The number of aromatic carboxylic acids is 1. The van der Waals surface area contributed by atoms with Crippen LogP contribution in [-0.4, -0.2) is 55.5 Å². The highest BCUT2D eigenvalue weighted by Gasteiger charge is 2.21. The van der Waals surface area contributed by atoms with E-state index in [4.69, 9.17) is 19.3 Å². The summed E-state index contributed by atoms with van der Waals surface area (Å²) < 4.78 is 15.0. The number of esters is 1. The zero-order valence-corrected chi connectivity index (χ0v) is 12.7. The number of nitro benzene ring substituents is 1. The van der Waals surface area contributed by atoms with Gasteiger partial charge in [-0.3, -0.25) is 10.1 Å². The third kappa shape index (κ3) is 5.64. The van der Waals surface area contributed by atoms with Gasteiger partial charge in [0.1, 0.15) is 6.10 Å². The maximum atomic E-state index is 12.1. The summed E-state index contributed by atoms with van der Waals surface area (Å²) in [7, 11) is 2.93. The Morgan fingerprint density at radius 3 is 2.39 bits per heavy atom. The van der Waals surface area contributed by atoms with Crippen LogP contribution < -0.4 is 0 Å². The summed E-state index contributed by atoms with van der Waals surface area (Å²) in [5.41, 5.74) is -1.08. The molecule has 23 heavy (non-hydrogen) atoms. The maximum absolute atomic E-state index is 12.1. The molecule has 0 heterocycles. The molecule has 1 rings (SSSR count). The molecule has 0 fully saturated rings. The van der Waals surface area contributed by atoms with Crippen LogP contribution in [0, 0.1) is 10.1 Å². The van der Waals surface area contributed by atoms with E-state index in [0.29, 0.717) is 13.0 Å². The fourth-order valence-corrected chi connectivity index (χ4v) is 1.79. The molecule has 0 radical (unpaired) electrons. The zero-order valence-electron chi connectivity index (χ0n) is 12.7. The Balaban J connectivity index is 3.00. The van der Waals surface area contributed by atoms with Crippen LogP contribution in [0.4, 0.5) is 5.69 Å². The van der Waals surface area contributed by atoms with Gasteiger partial charge >= 0.3 is 11.9 Å². The third-order valence-electron chi connectivity index (χ3n) is 2.88. The van der Waals surface area contributed by atoms with Gasteiger partial charge in [0.25, 0.3) is 5.69 Å². The molecular weight excluding hydrogens is 310 g/mol. The maximum Gasteiger partial charge on any atom is 0.338 e. The zero-order chi connectivity index (χ0) is 17.4. The van der Waals surface area contributed by atoms with Crippen molar-refractivity contribution in [2.45, 2.75) is 12.5 Å². The minimum Gasteiger partial charge on any atom is -0.478 e. The molecule has 0 spiro atoms. The van der Waals surface area contributed by atoms with Crippen molar-refractivity contribution in [2.24, 2.45) is 0 Å². The third-order valence-corrected chi connectivity index (χ3v) is 2.88. The molecule has 1 N–H and O–H groups in total. The van der Waals surface area contributed by atoms with Crippen LogP contribution in [0.5, 0.6) is 0 Å². The molecule has 9 nitrogen and oxygen atoms in total. The van der Waals surface area contributed by atoms with Crippen molar-refractivity contribution in [3.05, 3.63) is 39.4 Å². The molecule has 0 saturated carbocycles. The average Bonchev–Trinajstić information content (AvgIpc) is 2.52. The van der Waals surface area contributed by atoms with Crippen LogP contribution in [-0.2, 0) is 14.2 Å². The van der Waals surface area contributed by atoms with E-state index in [0.717, 1.165) is 18.2 Å². The highest BCUT2D eigenvalue weighted by molar-refractivity contribution is 5.95. The molecule has 1 aromatic carbocycles. The summed E-state index contributed by atoms with van der Waals surface area (Å²) in [5.74, 6) is -2.25. The van der Waals surface area contributed by atoms with E-state index in [1.54, 1.807) is 0 Å². The summed E-state index contributed by atoms with van der Waals surface area (Å²) >= 11 is 0. The van der Waals surface area contributed by atoms with Crippen LogP contribution in [0.3, 0.4) is 0 Å². The standard InChI is InChI=1S/C14H17NO8/c1-21-4-3-12(8-22-2)23-14(18)10-5-9(13(16)17)6-11(7-10)15(19)20/h5-7,12H,3-4,8H2,1-2H3,(H,16,17). The van der Waals surface area contributed by atoms with Crippen LogP contribution >= 0.6 is 0 Å². The quantitative estimate of drug-likeness (QED) is 0.411. The molecular formula is C14H17NO8. The molecule has 1 unspecified atom stereocenters. The van der Waals surface area contributed by atoms with Gasteiger partial charge in [0.05, 0.1) is 22.7 Å². The van der Waals surface area contributed by atoms with Gasteiger partial charge in [-0.05, 0) is 6.07 Å². The van der Waals surface area contributed by atoms with Gasteiger partial charge in [-0.2, -0.15) is 0 Å². The lowest BCUT2D eigenvalue weighted by Crippen LogP contribution is -2.24. The molecule has 0 aliphatic rings. The second-order valence-corrected chi connectivity index (χ2v) is 4.59. The number of hydrogen-bond acceptors (Lipinski definition) is 7. The number of carboxylic acids is 1. The van der Waals surface area contributed by atoms with Gasteiger partial charge in [-0.25, -0.2) is 9.59 Å². The van der Waals surface area contributed by atoms with Crippen molar-refractivity contribution < 1.29 is 33.8 Å². The van der Waals surface area contributed by atoms with Gasteiger partial charge < -0.3 is 19.3 Å². The van der Waals surface area contributed by atoms with E-state index in [-0.39, 0.29) is 17.7 Å². The van der Waals surface area contributed by atoms with Crippen molar-refractivity contribution in [3.63, 3.8) is 0 Å². The van der Waals surface area contributed by atoms with E-state index in [1.165, 1.54) is 14.2 Å². The van der Waals surface area contributed by atoms with Gasteiger partial charge in [0.2, 0.25) is 0 Å². The Labute approximate surface area is 131 Å². The summed E-state index contributed by atoms with van der Waals surface area (Å²) in [6.07, 6.45) is -0.239. The van der Waals surface area contributed by atoms with Crippen molar-refractivity contribution in [1.82, 2.24) is 0 Å². The topological polar surface area (TPSA) is 125 Å². The molecule has 0 saturated heterocycles. The summed E-state index contributed by atoms with van der Waals surface area (Å²) in [6.45, 7) is 0.451. The lowest BCUT2D eigenvalue weighted by molar-refractivity contribution is -0.384. The molecule has 1 aromatic rings. The first-order valence-electron chi connectivity index (χ1n) is 6.60. The molecule has 9 heteroatoms. The van der Waals surface area contributed by atoms with E-state index < -0.39 is 28.7 Å². The predicted octanol–water partition coefficient (Wildman–Crippen LogP) is 1.50.